The van der Waals surface area contributed by atoms with Gasteiger partial charge < -0.3 is 14.8 Å². The predicted octanol–water partition coefficient (Wildman–Crippen LogP) is 3.32. The number of aliphatic hydroxyl groups is 1. The van der Waals surface area contributed by atoms with Crippen molar-refractivity contribution >= 4 is 5.91 Å². The van der Waals surface area contributed by atoms with Crippen molar-refractivity contribution in [3.63, 3.8) is 0 Å². The number of piperidine rings is 1. The van der Waals surface area contributed by atoms with Crippen LogP contribution in [0.5, 0.6) is 0 Å². The molecule has 0 bridgehead atoms. The Morgan fingerprint density at radius 3 is 2.63 bits per heavy atom. The number of carbonyl (C=O) groups is 1. The van der Waals surface area contributed by atoms with Crippen molar-refractivity contribution in [3.8, 4) is 11.8 Å². The summed E-state index contributed by atoms with van der Waals surface area (Å²) in [6, 6.07) is 12.0. The summed E-state index contributed by atoms with van der Waals surface area (Å²) in [5.74, 6) is 6.98. The SMILES string of the molecule is CC(C)(O)C#Cc1ccc(CN2CCC3(CC2)C[C@H]3C(=O)NCc2ccco2)cc1. The molecule has 1 aromatic heterocycles. The standard InChI is InChI=1S/C25H30N2O3/c1-24(2,29)10-9-19-5-7-20(8-6-19)18-27-13-11-25(12-14-27)16-22(25)23(28)26-17-21-4-3-15-30-21/h3-8,15,22,29H,11-14,16-18H2,1-2H3,(H,26,28)/t22-/m0/s1. The second kappa shape index (κ2) is 8.29. The van der Waals surface area contributed by atoms with E-state index in [1.54, 1.807) is 20.1 Å². The fraction of sp³-hybridized carbons (Fsp3) is 0.480. The highest BCUT2D eigenvalue weighted by atomic mass is 16.3. The Hall–Kier alpha value is -2.55. The van der Waals surface area contributed by atoms with Crippen LogP contribution in [0.2, 0.25) is 0 Å². The normalized spacial score (nSPS) is 20.4. The summed E-state index contributed by atoms with van der Waals surface area (Å²) in [6.45, 7) is 6.82. The smallest absolute Gasteiger partial charge is 0.224 e. The molecule has 1 saturated carbocycles. The molecule has 5 nitrogen and oxygen atoms in total. The molecule has 2 aliphatic rings. The molecule has 1 atom stereocenters. The summed E-state index contributed by atoms with van der Waals surface area (Å²) in [6.07, 6.45) is 4.81. The molecule has 1 aliphatic heterocycles. The highest BCUT2D eigenvalue weighted by molar-refractivity contribution is 5.82. The molecule has 158 valence electrons. The second-order valence-electron chi connectivity index (χ2n) is 9.20. The van der Waals surface area contributed by atoms with Crippen LogP contribution in [0.4, 0.5) is 0 Å². The van der Waals surface area contributed by atoms with Gasteiger partial charge in [0.05, 0.1) is 12.8 Å². The van der Waals surface area contributed by atoms with Crippen molar-refractivity contribution in [2.45, 2.75) is 51.8 Å². The summed E-state index contributed by atoms with van der Waals surface area (Å²) in [5.41, 5.74) is 1.42. The van der Waals surface area contributed by atoms with Gasteiger partial charge in [-0.05, 0) is 81.4 Å². The average molecular weight is 407 g/mol. The molecule has 2 fully saturated rings. The number of hydrogen-bond donors (Lipinski definition) is 2. The van der Waals surface area contributed by atoms with Crippen molar-refractivity contribution < 1.29 is 14.3 Å². The van der Waals surface area contributed by atoms with Crippen LogP contribution in [0.1, 0.15) is 50.0 Å². The molecule has 2 aromatic rings. The number of likely N-dealkylation sites (tertiary alicyclic amines) is 1. The first-order chi connectivity index (χ1) is 14.3. The Kier molecular flexibility index (Phi) is 5.73. The van der Waals surface area contributed by atoms with E-state index in [2.05, 4.69) is 34.2 Å². The van der Waals surface area contributed by atoms with E-state index in [0.29, 0.717) is 6.54 Å². The van der Waals surface area contributed by atoms with E-state index >= 15 is 0 Å². The van der Waals surface area contributed by atoms with Crippen LogP contribution in [-0.4, -0.2) is 34.6 Å². The first kappa shape index (κ1) is 20.7. The fourth-order valence-electron chi connectivity index (χ4n) is 4.31. The molecule has 0 radical (unpaired) electrons. The Labute approximate surface area is 178 Å². The van der Waals surface area contributed by atoms with Gasteiger partial charge in [-0.2, -0.15) is 0 Å². The largest absolute Gasteiger partial charge is 0.467 e. The number of rotatable bonds is 5. The van der Waals surface area contributed by atoms with E-state index in [1.807, 2.05) is 24.3 Å². The minimum absolute atomic E-state index is 0.156. The summed E-state index contributed by atoms with van der Waals surface area (Å²) in [4.78, 5) is 15.0. The van der Waals surface area contributed by atoms with Crippen LogP contribution >= 0.6 is 0 Å². The molecule has 0 unspecified atom stereocenters. The molecule has 2 heterocycles. The highest BCUT2D eigenvalue weighted by Crippen LogP contribution is 2.59. The minimum atomic E-state index is -0.973. The van der Waals surface area contributed by atoms with Crippen LogP contribution in [0, 0.1) is 23.2 Å². The van der Waals surface area contributed by atoms with Gasteiger partial charge in [-0.3, -0.25) is 9.69 Å². The van der Waals surface area contributed by atoms with E-state index in [0.717, 1.165) is 50.2 Å². The number of carbonyl (C=O) groups excluding carboxylic acids is 1. The molecular formula is C25H30N2O3. The Balaban J connectivity index is 1.23. The molecule has 2 N–H and O–H groups in total. The molecule has 1 aromatic carbocycles. The molecular weight excluding hydrogens is 376 g/mol. The maximum absolute atomic E-state index is 12.5. The average Bonchev–Trinajstić information content (AvgIpc) is 3.16. The fourth-order valence-corrected chi connectivity index (χ4v) is 4.31. The molecule has 1 aliphatic carbocycles. The van der Waals surface area contributed by atoms with Gasteiger partial charge in [-0.25, -0.2) is 0 Å². The number of benzene rings is 1. The lowest BCUT2D eigenvalue weighted by Gasteiger charge is -2.32. The molecule has 1 amide bonds. The van der Waals surface area contributed by atoms with Crippen molar-refractivity contribution in [2.75, 3.05) is 13.1 Å². The van der Waals surface area contributed by atoms with Crippen molar-refractivity contribution in [1.82, 2.24) is 10.2 Å². The van der Waals surface area contributed by atoms with Gasteiger partial charge >= 0.3 is 0 Å². The van der Waals surface area contributed by atoms with Crippen molar-refractivity contribution in [1.29, 1.82) is 0 Å². The lowest BCUT2D eigenvalue weighted by molar-refractivity contribution is -0.123. The van der Waals surface area contributed by atoms with Gasteiger partial charge in [0.25, 0.3) is 0 Å². The van der Waals surface area contributed by atoms with Crippen LogP contribution in [0.3, 0.4) is 0 Å². The van der Waals surface area contributed by atoms with Crippen LogP contribution in [0.15, 0.2) is 47.1 Å². The Morgan fingerprint density at radius 1 is 1.27 bits per heavy atom. The minimum Gasteiger partial charge on any atom is -0.467 e. The van der Waals surface area contributed by atoms with Gasteiger partial charge in [0, 0.05) is 18.0 Å². The molecule has 30 heavy (non-hydrogen) atoms. The molecule has 1 saturated heterocycles. The predicted molar refractivity (Wildman–Crippen MR) is 115 cm³/mol. The van der Waals surface area contributed by atoms with E-state index in [9.17, 15) is 9.90 Å². The Morgan fingerprint density at radius 2 is 2.00 bits per heavy atom. The number of amides is 1. The number of furan rings is 1. The van der Waals surface area contributed by atoms with E-state index in [-0.39, 0.29) is 17.2 Å². The zero-order valence-electron chi connectivity index (χ0n) is 17.8. The van der Waals surface area contributed by atoms with E-state index < -0.39 is 5.60 Å². The van der Waals surface area contributed by atoms with Gasteiger partial charge in [0.15, 0.2) is 0 Å². The van der Waals surface area contributed by atoms with Crippen molar-refractivity contribution in [3.05, 3.63) is 59.5 Å². The van der Waals surface area contributed by atoms with Crippen molar-refractivity contribution in [2.24, 2.45) is 11.3 Å². The zero-order chi connectivity index (χ0) is 21.2. The molecule has 5 heteroatoms. The third kappa shape index (κ3) is 5.13. The quantitative estimate of drug-likeness (QED) is 0.748. The van der Waals surface area contributed by atoms with Crippen LogP contribution < -0.4 is 5.32 Å². The zero-order valence-corrected chi connectivity index (χ0v) is 17.8. The maximum atomic E-state index is 12.5. The summed E-state index contributed by atoms with van der Waals surface area (Å²) in [5, 5.41) is 12.7. The van der Waals surface area contributed by atoms with Gasteiger partial charge in [0.1, 0.15) is 11.4 Å². The monoisotopic (exact) mass is 406 g/mol. The topological polar surface area (TPSA) is 65.7 Å². The lowest BCUT2D eigenvalue weighted by atomic mass is 9.90. The van der Waals surface area contributed by atoms with Gasteiger partial charge in [-0.15, -0.1) is 0 Å². The van der Waals surface area contributed by atoms with Gasteiger partial charge in [-0.1, -0.05) is 24.0 Å². The number of hydrogen-bond acceptors (Lipinski definition) is 4. The highest BCUT2D eigenvalue weighted by Gasteiger charge is 2.58. The summed E-state index contributed by atoms with van der Waals surface area (Å²) in [7, 11) is 0. The first-order valence-corrected chi connectivity index (χ1v) is 10.7. The summed E-state index contributed by atoms with van der Waals surface area (Å²) < 4.78 is 5.29. The third-order valence-corrected chi connectivity index (χ3v) is 6.25. The molecule has 1 spiro atoms. The summed E-state index contributed by atoms with van der Waals surface area (Å²) >= 11 is 0. The number of nitrogens with one attached hydrogen (secondary N) is 1. The second-order valence-corrected chi connectivity index (χ2v) is 9.20. The lowest BCUT2D eigenvalue weighted by Crippen LogP contribution is -2.36. The Bertz CT molecular complexity index is 922. The third-order valence-electron chi connectivity index (χ3n) is 6.25. The number of nitrogens with zero attached hydrogens (tertiary/aromatic N) is 1. The van der Waals surface area contributed by atoms with Crippen LogP contribution in [0.25, 0.3) is 0 Å². The molecule has 4 rings (SSSR count). The maximum Gasteiger partial charge on any atom is 0.224 e. The van der Waals surface area contributed by atoms with Gasteiger partial charge in [0.2, 0.25) is 5.91 Å². The van der Waals surface area contributed by atoms with Crippen LogP contribution in [-0.2, 0) is 17.9 Å². The van der Waals surface area contributed by atoms with E-state index in [4.69, 9.17) is 4.42 Å². The first-order valence-electron chi connectivity index (χ1n) is 10.7. The van der Waals surface area contributed by atoms with E-state index in [1.165, 1.54) is 5.56 Å².